The summed E-state index contributed by atoms with van der Waals surface area (Å²) < 4.78 is 3.34. The predicted octanol–water partition coefficient (Wildman–Crippen LogP) is 3.67. The largest absolute Gasteiger partial charge is 0.333 e. The van der Waals surface area contributed by atoms with Crippen molar-refractivity contribution < 1.29 is 0 Å². The molecule has 1 N–H and O–H groups in total. The summed E-state index contributed by atoms with van der Waals surface area (Å²) in [5.74, 6) is 1.06. The molecule has 0 radical (unpaired) electrons. The van der Waals surface area contributed by atoms with Gasteiger partial charge in [0, 0.05) is 23.4 Å². The minimum absolute atomic E-state index is 0.108. The molecule has 4 heteroatoms. The average molecular weight is 322 g/mol. The molecule has 1 aromatic carbocycles. The van der Waals surface area contributed by atoms with E-state index >= 15 is 0 Å². The third kappa shape index (κ3) is 3.07. The topological polar surface area (TPSA) is 29.9 Å². The van der Waals surface area contributed by atoms with Crippen LogP contribution < -0.4 is 5.32 Å². The fourth-order valence-electron chi connectivity index (χ4n) is 2.30. The molecule has 0 aliphatic rings. The molecule has 1 unspecified atom stereocenters. The highest BCUT2D eigenvalue weighted by atomic mass is 79.9. The number of nitrogens with one attached hydrogen (secondary N) is 1. The molecule has 0 bridgehead atoms. The Morgan fingerprint density at radius 1 is 1.42 bits per heavy atom. The van der Waals surface area contributed by atoms with E-state index in [-0.39, 0.29) is 6.04 Å². The normalized spacial score (nSPS) is 12.6. The molecule has 102 valence electrons. The summed E-state index contributed by atoms with van der Waals surface area (Å²) >= 11 is 3.66. The fourth-order valence-corrected chi connectivity index (χ4v) is 3.02. The Morgan fingerprint density at radius 2 is 2.21 bits per heavy atom. The van der Waals surface area contributed by atoms with Gasteiger partial charge in [0.15, 0.2) is 0 Å². The Bertz CT molecular complexity index is 548. The van der Waals surface area contributed by atoms with Crippen molar-refractivity contribution in [2.45, 2.75) is 32.9 Å². The van der Waals surface area contributed by atoms with Crippen molar-refractivity contribution in [2.24, 2.45) is 0 Å². The number of halogens is 1. The van der Waals surface area contributed by atoms with Crippen LogP contribution in [0.2, 0.25) is 0 Å². The molecule has 3 nitrogen and oxygen atoms in total. The van der Waals surface area contributed by atoms with Gasteiger partial charge in [-0.25, -0.2) is 4.98 Å². The highest BCUT2D eigenvalue weighted by Gasteiger charge is 2.19. The Balaban J connectivity index is 2.41. The standard InChI is InChI=1S/C15H20BrN3/c1-4-8-19-9-7-18-15(19)14(17-3)12-6-5-11(2)10-13(12)16/h5-7,9-10,14,17H,4,8H2,1-3H3. The van der Waals surface area contributed by atoms with Gasteiger partial charge < -0.3 is 9.88 Å². The molecule has 1 atom stereocenters. The predicted molar refractivity (Wildman–Crippen MR) is 82.3 cm³/mol. The zero-order chi connectivity index (χ0) is 13.8. The highest BCUT2D eigenvalue weighted by Crippen LogP contribution is 2.28. The minimum Gasteiger partial charge on any atom is -0.333 e. The van der Waals surface area contributed by atoms with E-state index in [9.17, 15) is 0 Å². The smallest absolute Gasteiger partial charge is 0.130 e. The molecule has 0 aliphatic heterocycles. The van der Waals surface area contributed by atoms with Crippen molar-refractivity contribution in [1.82, 2.24) is 14.9 Å². The molecule has 0 saturated carbocycles. The SMILES string of the molecule is CCCn1ccnc1C(NC)c1ccc(C)cc1Br. The molecule has 0 amide bonds. The van der Waals surface area contributed by atoms with Crippen LogP contribution in [-0.2, 0) is 6.54 Å². The summed E-state index contributed by atoms with van der Waals surface area (Å²) in [4.78, 5) is 4.53. The van der Waals surface area contributed by atoms with E-state index in [4.69, 9.17) is 0 Å². The Kier molecular flexibility index (Phi) is 4.77. The maximum atomic E-state index is 4.53. The Labute approximate surface area is 123 Å². The number of hydrogen-bond acceptors (Lipinski definition) is 2. The monoisotopic (exact) mass is 321 g/mol. The Morgan fingerprint density at radius 3 is 2.84 bits per heavy atom. The van der Waals surface area contributed by atoms with Gasteiger partial charge >= 0.3 is 0 Å². The van der Waals surface area contributed by atoms with Crippen LogP contribution >= 0.6 is 15.9 Å². The molecule has 0 saturated heterocycles. The van der Waals surface area contributed by atoms with Crippen LogP contribution in [0, 0.1) is 6.92 Å². The van der Waals surface area contributed by atoms with Gasteiger partial charge in [0.25, 0.3) is 0 Å². The van der Waals surface area contributed by atoms with Crippen molar-refractivity contribution in [1.29, 1.82) is 0 Å². The first-order valence-electron chi connectivity index (χ1n) is 6.61. The van der Waals surface area contributed by atoms with Gasteiger partial charge in [0.2, 0.25) is 0 Å². The molecular formula is C15H20BrN3. The molecule has 0 aliphatic carbocycles. The van der Waals surface area contributed by atoms with Gasteiger partial charge in [-0.2, -0.15) is 0 Å². The molecule has 19 heavy (non-hydrogen) atoms. The zero-order valence-electron chi connectivity index (χ0n) is 11.7. The van der Waals surface area contributed by atoms with Gasteiger partial charge in [-0.15, -0.1) is 0 Å². The second-order valence-corrected chi connectivity index (χ2v) is 5.58. The summed E-state index contributed by atoms with van der Waals surface area (Å²) in [5.41, 5.74) is 2.47. The molecule has 1 aromatic heterocycles. The third-order valence-electron chi connectivity index (χ3n) is 3.23. The molecule has 0 fully saturated rings. The van der Waals surface area contributed by atoms with E-state index in [0.29, 0.717) is 0 Å². The number of rotatable bonds is 5. The molecule has 0 spiro atoms. The van der Waals surface area contributed by atoms with Crippen LogP contribution in [-0.4, -0.2) is 16.6 Å². The van der Waals surface area contributed by atoms with E-state index in [1.165, 1.54) is 11.1 Å². The third-order valence-corrected chi connectivity index (χ3v) is 3.91. The van der Waals surface area contributed by atoms with E-state index in [1.54, 1.807) is 0 Å². The zero-order valence-corrected chi connectivity index (χ0v) is 13.2. The summed E-state index contributed by atoms with van der Waals surface area (Å²) in [6.45, 7) is 5.28. The van der Waals surface area contributed by atoms with Crippen LogP contribution in [0.4, 0.5) is 0 Å². The average Bonchev–Trinajstić information content (AvgIpc) is 2.82. The summed E-state index contributed by atoms with van der Waals surface area (Å²) in [6.07, 6.45) is 5.03. The maximum absolute atomic E-state index is 4.53. The first-order chi connectivity index (χ1) is 9.17. The lowest BCUT2D eigenvalue weighted by Crippen LogP contribution is -2.22. The highest BCUT2D eigenvalue weighted by molar-refractivity contribution is 9.10. The van der Waals surface area contributed by atoms with Crippen molar-refractivity contribution in [2.75, 3.05) is 7.05 Å². The van der Waals surface area contributed by atoms with Crippen molar-refractivity contribution in [3.63, 3.8) is 0 Å². The van der Waals surface area contributed by atoms with Gasteiger partial charge in [-0.05, 0) is 37.6 Å². The van der Waals surface area contributed by atoms with Crippen LogP contribution in [0.5, 0.6) is 0 Å². The second kappa shape index (κ2) is 6.35. The fraction of sp³-hybridized carbons (Fsp3) is 0.400. The van der Waals surface area contributed by atoms with Crippen LogP contribution in [0.3, 0.4) is 0 Å². The van der Waals surface area contributed by atoms with Gasteiger partial charge in [0.05, 0.1) is 6.04 Å². The van der Waals surface area contributed by atoms with Crippen LogP contribution in [0.25, 0.3) is 0 Å². The van der Waals surface area contributed by atoms with Gasteiger partial charge in [-0.1, -0.05) is 35.0 Å². The molecule has 2 rings (SSSR count). The number of imidazole rings is 1. The Hall–Kier alpha value is -1.13. The number of benzene rings is 1. The van der Waals surface area contributed by atoms with Crippen molar-refractivity contribution in [3.05, 3.63) is 52.0 Å². The molecule has 2 aromatic rings. The maximum Gasteiger partial charge on any atom is 0.130 e. The van der Waals surface area contributed by atoms with Crippen LogP contribution in [0.1, 0.15) is 36.3 Å². The first-order valence-corrected chi connectivity index (χ1v) is 7.41. The van der Waals surface area contributed by atoms with Crippen LogP contribution in [0.15, 0.2) is 35.1 Å². The summed E-state index contributed by atoms with van der Waals surface area (Å²) in [5, 5.41) is 3.37. The first kappa shape index (κ1) is 14.3. The van der Waals surface area contributed by atoms with E-state index in [2.05, 4.69) is 62.8 Å². The van der Waals surface area contributed by atoms with E-state index < -0.39 is 0 Å². The van der Waals surface area contributed by atoms with E-state index in [1.807, 2.05) is 19.4 Å². The molecular weight excluding hydrogens is 302 g/mol. The lowest BCUT2D eigenvalue weighted by molar-refractivity contribution is 0.567. The van der Waals surface area contributed by atoms with Gasteiger partial charge in [0.1, 0.15) is 5.82 Å². The number of aromatic nitrogens is 2. The van der Waals surface area contributed by atoms with Crippen molar-refractivity contribution >= 4 is 15.9 Å². The van der Waals surface area contributed by atoms with Crippen molar-refractivity contribution in [3.8, 4) is 0 Å². The number of hydrogen-bond donors (Lipinski definition) is 1. The number of aryl methyl sites for hydroxylation is 2. The number of nitrogens with zero attached hydrogens (tertiary/aromatic N) is 2. The lowest BCUT2D eigenvalue weighted by atomic mass is 10.0. The lowest BCUT2D eigenvalue weighted by Gasteiger charge is -2.19. The second-order valence-electron chi connectivity index (χ2n) is 4.73. The summed E-state index contributed by atoms with van der Waals surface area (Å²) in [7, 11) is 1.97. The van der Waals surface area contributed by atoms with E-state index in [0.717, 1.165) is 23.3 Å². The molecule has 1 heterocycles. The van der Waals surface area contributed by atoms with Gasteiger partial charge in [-0.3, -0.25) is 0 Å². The minimum atomic E-state index is 0.108. The quantitative estimate of drug-likeness (QED) is 0.910. The summed E-state index contributed by atoms with van der Waals surface area (Å²) in [6, 6.07) is 6.55.